The van der Waals surface area contributed by atoms with Gasteiger partial charge in [-0.15, -0.1) is 12.4 Å². The van der Waals surface area contributed by atoms with Crippen LogP contribution in [0.5, 0.6) is 17.2 Å². The third kappa shape index (κ3) is 7.45. The Morgan fingerprint density at radius 1 is 0.807 bits per heavy atom. The summed E-state index contributed by atoms with van der Waals surface area (Å²) in [6, 6.07) is 23.0. The molecule has 1 aromatic heterocycles. The molecule has 0 saturated carbocycles. The maximum Gasteiger partial charge on any atom is 0.264 e. The number of carbonyl (C=O) groups is 2. The fourth-order valence-electron chi connectivity index (χ4n) is 8.54. The number of anilines is 2. The van der Waals surface area contributed by atoms with Crippen molar-refractivity contribution in [1.82, 2.24) is 14.4 Å². The van der Waals surface area contributed by atoms with E-state index in [1.807, 2.05) is 23.1 Å². The average Bonchev–Trinajstić information content (AvgIpc) is 3.86. The summed E-state index contributed by atoms with van der Waals surface area (Å²) in [5.41, 5.74) is 5.78. The molecule has 5 heterocycles. The minimum Gasteiger partial charge on any atom is -0.508 e. The molecule has 1 atom stereocenters. The number of aromatic hydroxyl groups is 1. The third-order valence-electron chi connectivity index (χ3n) is 11.5. The normalized spacial score (nSPS) is 17.4. The molecule has 5 aromatic rings. The maximum absolute atomic E-state index is 15.2. The van der Waals surface area contributed by atoms with Crippen molar-refractivity contribution in [2.45, 2.75) is 51.2 Å². The minimum atomic E-state index is -1.09. The van der Waals surface area contributed by atoms with Gasteiger partial charge >= 0.3 is 0 Å². The molecular formula is C44H43ClF2N4O6. The predicted molar refractivity (Wildman–Crippen MR) is 213 cm³/mol. The minimum absolute atomic E-state index is 0. The lowest BCUT2D eigenvalue weighted by Crippen LogP contribution is -2.47. The molecule has 57 heavy (non-hydrogen) atoms. The summed E-state index contributed by atoms with van der Waals surface area (Å²) in [6.07, 6.45) is 3.85. The molecule has 4 aromatic carbocycles. The van der Waals surface area contributed by atoms with Gasteiger partial charge in [0.25, 0.3) is 11.8 Å². The first-order chi connectivity index (χ1) is 27.3. The summed E-state index contributed by atoms with van der Waals surface area (Å²) in [6.45, 7) is 5.09. The number of amides is 2. The van der Waals surface area contributed by atoms with E-state index >= 15 is 4.79 Å². The van der Waals surface area contributed by atoms with Crippen molar-refractivity contribution in [2.24, 2.45) is 0 Å². The number of phenols is 1. The number of hydrogen-bond donors (Lipinski definition) is 1. The van der Waals surface area contributed by atoms with E-state index in [4.69, 9.17) is 14.2 Å². The number of hydrogen-bond acceptors (Lipinski definition) is 7. The fourth-order valence-corrected chi connectivity index (χ4v) is 8.54. The molecule has 1 saturated heterocycles. The highest BCUT2D eigenvalue weighted by Gasteiger charge is 2.35. The summed E-state index contributed by atoms with van der Waals surface area (Å²) < 4.78 is 48.2. The van der Waals surface area contributed by atoms with Crippen LogP contribution in [0.2, 0.25) is 0 Å². The van der Waals surface area contributed by atoms with Crippen molar-refractivity contribution in [3.63, 3.8) is 0 Å². The van der Waals surface area contributed by atoms with Crippen LogP contribution >= 0.6 is 12.4 Å². The van der Waals surface area contributed by atoms with Gasteiger partial charge in [-0.2, -0.15) is 0 Å². The van der Waals surface area contributed by atoms with Gasteiger partial charge in [-0.05, 0) is 97.8 Å². The Balaban J connectivity index is 0.00000455. The molecule has 4 aliphatic heterocycles. The lowest BCUT2D eigenvalue weighted by atomic mass is 9.90. The number of ether oxygens (including phenoxy) is 3. The summed E-state index contributed by atoms with van der Waals surface area (Å²) >= 11 is 0. The van der Waals surface area contributed by atoms with Crippen molar-refractivity contribution in [3.05, 3.63) is 125 Å². The quantitative estimate of drug-likeness (QED) is 0.171. The number of halogens is 3. The standard InChI is InChI=1S/C44H42F2N4O6.ClH/c45-37-13-10-32(22-38(37)46)50(30-8-11-33(51)12-9-30)44(53)36-23-40(48-15-4-3-7-39(36)48)34-24-41-42(56-27-55-41)25-35(34)43(52)49-26-29-6-2-1-5-28(29)21-31(49)14-16-47-17-19-54-20-18-47;/h1-2,5-6,8-13,22-25,31,51H,3-4,7,14-21,26-27H2;1H/t31-;/m1./s1. The first-order valence-electron chi connectivity index (χ1n) is 19.2. The average molecular weight is 797 g/mol. The Kier molecular flexibility index (Phi) is 10.9. The van der Waals surface area contributed by atoms with Gasteiger partial charge in [-0.1, -0.05) is 24.3 Å². The first kappa shape index (κ1) is 38.4. The van der Waals surface area contributed by atoms with Crippen LogP contribution < -0.4 is 14.4 Å². The second-order valence-corrected chi connectivity index (χ2v) is 14.8. The lowest BCUT2D eigenvalue weighted by Gasteiger charge is -2.39. The molecule has 13 heteroatoms. The number of phenolic OH excluding ortho intramolecular Hbond substituents is 1. The molecule has 0 radical (unpaired) electrons. The van der Waals surface area contributed by atoms with Crippen LogP contribution in [0.4, 0.5) is 20.2 Å². The van der Waals surface area contributed by atoms with Gasteiger partial charge in [0.15, 0.2) is 23.1 Å². The Hall–Kier alpha value is -5.43. The van der Waals surface area contributed by atoms with Gasteiger partial charge in [0.1, 0.15) is 5.75 Å². The smallest absolute Gasteiger partial charge is 0.264 e. The fraction of sp³-hybridized carbons (Fsp3) is 0.318. The number of morpholine rings is 1. The van der Waals surface area contributed by atoms with Crippen molar-refractivity contribution < 1.29 is 37.7 Å². The number of fused-ring (bicyclic) bond motifs is 3. The number of carbonyl (C=O) groups excluding carboxylic acids is 2. The number of nitrogens with zero attached hydrogens (tertiary/aromatic N) is 4. The van der Waals surface area contributed by atoms with Gasteiger partial charge in [0.05, 0.1) is 30.0 Å². The highest BCUT2D eigenvalue weighted by atomic mass is 35.5. The predicted octanol–water partition coefficient (Wildman–Crippen LogP) is 7.89. The molecule has 10 nitrogen and oxygen atoms in total. The van der Waals surface area contributed by atoms with Crippen LogP contribution in [-0.4, -0.2) is 77.0 Å². The van der Waals surface area contributed by atoms with Crippen molar-refractivity contribution >= 4 is 35.6 Å². The van der Waals surface area contributed by atoms with E-state index in [1.165, 1.54) is 28.7 Å². The topological polar surface area (TPSA) is 96.7 Å². The van der Waals surface area contributed by atoms with Gasteiger partial charge in [-0.25, -0.2) is 8.78 Å². The zero-order chi connectivity index (χ0) is 38.3. The summed E-state index contributed by atoms with van der Waals surface area (Å²) in [5, 5.41) is 10.0. The zero-order valence-corrected chi connectivity index (χ0v) is 32.1. The van der Waals surface area contributed by atoms with Crippen molar-refractivity contribution in [3.8, 4) is 28.5 Å². The van der Waals surface area contributed by atoms with Crippen LogP contribution in [0.3, 0.4) is 0 Å². The van der Waals surface area contributed by atoms with E-state index in [2.05, 4.69) is 27.7 Å². The van der Waals surface area contributed by atoms with Gasteiger partial charge in [0.2, 0.25) is 6.79 Å². The number of rotatable bonds is 8. The Labute approximate surface area is 335 Å². The SMILES string of the molecule is Cl.O=C(c1cc(-c2cc3c(cc2C(=O)N2Cc4ccccc4C[C@H]2CCN2CCOCC2)OCO3)n2c1CCCC2)N(c1ccc(O)cc1)c1ccc(F)c(F)c1. The van der Waals surface area contributed by atoms with Crippen LogP contribution in [0.1, 0.15) is 56.8 Å². The summed E-state index contributed by atoms with van der Waals surface area (Å²) in [7, 11) is 0. The largest absolute Gasteiger partial charge is 0.508 e. The van der Waals surface area contributed by atoms with Crippen LogP contribution in [0.25, 0.3) is 11.3 Å². The van der Waals surface area contributed by atoms with Gasteiger partial charge < -0.3 is 28.8 Å². The highest BCUT2D eigenvalue weighted by Crippen LogP contribution is 2.43. The zero-order valence-electron chi connectivity index (χ0n) is 31.3. The number of benzene rings is 4. The highest BCUT2D eigenvalue weighted by molar-refractivity contribution is 6.13. The van der Waals surface area contributed by atoms with E-state index in [0.717, 1.165) is 68.7 Å². The Morgan fingerprint density at radius 2 is 1.54 bits per heavy atom. The van der Waals surface area contributed by atoms with E-state index < -0.39 is 17.5 Å². The Bertz CT molecular complexity index is 2310. The molecule has 0 unspecified atom stereocenters. The molecule has 0 spiro atoms. The molecule has 0 bridgehead atoms. The van der Waals surface area contributed by atoms with Gasteiger partial charge in [-0.3, -0.25) is 19.4 Å². The van der Waals surface area contributed by atoms with Crippen molar-refractivity contribution in [2.75, 3.05) is 44.5 Å². The molecule has 9 rings (SSSR count). The number of aromatic nitrogens is 1. The van der Waals surface area contributed by atoms with Crippen LogP contribution in [0.15, 0.2) is 84.9 Å². The molecule has 4 aliphatic rings. The molecule has 0 aliphatic carbocycles. The molecule has 1 fully saturated rings. The Morgan fingerprint density at radius 3 is 2.32 bits per heavy atom. The van der Waals surface area contributed by atoms with E-state index in [-0.39, 0.29) is 42.6 Å². The van der Waals surface area contributed by atoms with Crippen molar-refractivity contribution in [1.29, 1.82) is 0 Å². The first-order valence-corrected chi connectivity index (χ1v) is 19.2. The summed E-state index contributed by atoms with van der Waals surface area (Å²) in [4.78, 5) is 35.7. The monoisotopic (exact) mass is 796 g/mol. The molecular weight excluding hydrogens is 754 g/mol. The van der Waals surface area contributed by atoms with Gasteiger partial charge in [0, 0.05) is 67.5 Å². The second kappa shape index (κ2) is 16.2. The third-order valence-corrected chi connectivity index (χ3v) is 11.5. The van der Waals surface area contributed by atoms with E-state index in [1.54, 1.807) is 18.2 Å². The second-order valence-electron chi connectivity index (χ2n) is 14.8. The van der Waals surface area contributed by atoms with Crippen LogP contribution in [0, 0.1) is 11.6 Å². The lowest BCUT2D eigenvalue weighted by molar-refractivity contribution is 0.0308. The van der Waals surface area contributed by atoms with E-state index in [9.17, 15) is 18.7 Å². The molecule has 1 N–H and O–H groups in total. The summed E-state index contributed by atoms with van der Waals surface area (Å²) in [5.74, 6) is -1.72. The molecule has 2 amide bonds. The molecule has 296 valence electrons. The maximum atomic E-state index is 15.2. The van der Waals surface area contributed by atoms with E-state index in [0.29, 0.717) is 72.3 Å². The van der Waals surface area contributed by atoms with Crippen LogP contribution in [-0.2, 0) is 30.7 Å².